The third kappa shape index (κ3) is 3.67. The number of rotatable bonds is 5. The molecule has 0 saturated carbocycles. The van der Waals surface area contributed by atoms with Gasteiger partial charge >= 0.3 is 0 Å². The van der Waals surface area contributed by atoms with Crippen LogP contribution in [0.1, 0.15) is 18.5 Å². The van der Waals surface area contributed by atoms with Crippen LogP contribution in [0, 0.1) is 0 Å². The lowest BCUT2D eigenvalue weighted by Gasteiger charge is -2.17. The molecular formula is C16H18BrNO2. The Morgan fingerprint density at radius 3 is 2.20 bits per heavy atom. The van der Waals surface area contributed by atoms with Crippen molar-refractivity contribution >= 4 is 21.6 Å². The van der Waals surface area contributed by atoms with E-state index in [0.29, 0.717) is 0 Å². The lowest BCUT2D eigenvalue weighted by molar-refractivity contribution is 0.414. The van der Waals surface area contributed by atoms with E-state index in [9.17, 15) is 0 Å². The first-order valence-electron chi connectivity index (χ1n) is 6.37. The molecule has 1 unspecified atom stereocenters. The Morgan fingerprint density at radius 2 is 1.60 bits per heavy atom. The van der Waals surface area contributed by atoms with Crippen molar-refractivity contribution in [1.29, 1.82) is 0 Å². The second-order valence-electron chi connectivity index (χ2n) is 4.52. The standard InChI is InChI=1S/C16H18BrNO2/c1-11(12-4-6-15(19-2)7-5-12)18-14-8-13(17)9-16(10-14)20-3/h4-11,18H,1-3H3. The summed E-state index contributed by atoms with van der Waals surface area (Å²) in [7, 11) is 3.34. The second-order valence-corrected chi connectivity index (χ2v) is 5.43. The third-order valence-electron chi connectivity index (χ3n) is 3.11. The van der Waals surface area contributed by atoms with Crippen molar-refractivity contribution in [3.8, 4) is 11.5 Å². The zero-order valence-corrected chi connectivity index (χ0v) is 13.4. The molecule has 3 nitrogen and oxygen atoms in total. The van der Waals surface area contributed by atoms with Crippen LogP contribution in [0.4, 0.5) is 5.69 Å². The van der Waals surface area contributed by atoms with E-state index < -0.39 is 0 Å². The highest BCUT2D eigenvalue weighted by Gasteiger charge is 2.07. The Labute approximate surface area is 128 Å². The highest BCUT2D eigenvalue weighted by molar-refractivity contribution is 9.10. The predicted octanol–water partition coefficient (Wildman–Crippen LogP) is 4.64. The van der Waals surface area contributed by atoms with Crippen LogP contribution in [0.5, 0.6) is 11.5 Å². The molecule has 0 aliphatic rings. The van der Waals surface area contributed by atoms with Gasteiger partial charge in [0, 0.05) is 22.3 Å². The fraction of sp³-hybridized carbons (Fsp3) is 0.250. The molecule has 0 amide bonds. The summed E-state index contributed by atoms with van der Waals surface area (Å²) in [5.41, 5.74) is 2.21. The number of nitrogens with one attached hydrogen (secondary N) is 1. The highest BCUT2D eigenvalue weighted by Crippen LogP contribution is 2.28. The molecule has 0 fully saturated rings. The van der Waals surface area contributed by atoms with Crippen molar-refractivity contribution < 1.29 is 9.47 Å². The third-order valence-corrected chi connectivity index (χ3v) is 3.56. The molecule has 106 valence electrons. The lowest BCUT2D eigenvalue weighted by atomic mass is 10.1. The Hall–Kier alpha value is -1.68. The summed E-state index contributed by atoms with van der Waals surface area (Å²) in [5.74, 6) is 1.69. The summed E-state index contributed by atoms with van der Waals surface area (Å²) in [4.78, 5) is 0. The van der Waals surface area contributed by atoms with Gasteiger partial charge in [-0.25, -0.2) is 0 Å². The normalized spacial score (nSPS) is 11.8. The van der Waals surface area contributed by atoms with E-state index in [1.807, 2.05) is 30.3 Å². The van der Waals surface area contributed by atoms with Crippen LogP contribution in [-0.4, -0.2) is 14.2 Å². The van der Waals surface area contributed by atoms with Gasteiger partial charge in [0.15, 0.2) is 0 Å². The van der Waals surface area contributed by atoms with Crippen molar-refractivity contribution in [1.82, 2.24) is 0 Å². The van der Waals surface area contributed by atoms with E-state index in [1.165, 1.54) is 5.56 Å². The Bertz CT molecular complexity index is 569. The first kappa shape index (κ1) is 14.7. The molecule has 2 aromatic rings. The van der Waals surface area contributed by atoms with Gasteiger partial charge in [0.1, 0.15) is 11.5 Å². The van der Waals surface area contributed by atoms with Gasteiger partial charge in [-0.3, -0.25) is 0 Å². The molecule has 0 aliphatic heterocycles. The van der Waals surface area contributed by atoms with Crippen LogP contribution in [-0.2, 0) is 0 Å². The van der Waals surface area contributed by atoms with Crippen LogP contribution in [0.2, 0.25) is 0 Å². The minimum absolute atomic E-state index is 0.194. The van der Waals surface area contributed by atoms with Crippen LogP contribution in [0.25, 0.3) is 0 Å². The number of anilines is 1. The van der Waals surface area contributed by atoms with Crippen LogP contribution >= 0.6 is 15.9 Å². The maximum Gasteiger partial charge on any atom is 0.122 e. The molecule has 0 aliphatic carbocycles. The maximum absolute atomic E-state index is 5.27. The topological polar surface area (TPSA) is 30.5 Å². The molecule has 20 heavy (non-hydrogen) atoms. The second kappa shape index (κ2) is 6.66. The minimum Gasteiger partial charge on any atom is -0.497 e. The van der Waals surface area contributed by atoms with Crippen molar-refractivity contribution in [3.63, 3.8) is 0 Å². The average molecular weight is 336 g/mol. The monoisotopic (exact) mass is 335 g/mol. The Balaban J connectivity index is 2.13. The van der Waals surface area contributed by atoms with Gasteiger partial charge in [-0.2, -0.15) is 0 Å². The van der Waals surface area contributed by atoms with Crippen molar-refractivity contribution in [3.05, 3.63) is 52.5 Å². The molecule has 0 heterocycles. The van der Waals surface area contributed by atoms with E-state index in [2.05, 4.69) is 40.3 Å². The fourth-order valence-electron chi connectivity index (χ4n) is 1.99. The summed E-state index contributed by atoms with van der Waals surface area (Å²) in [6.07, 6.45) is 0. The molecule has 2 rings (SSSR count). The molecule has 2 aromatic carbocycles. The first-order chi connectivity index (χ1) is 9.62. The van der Waals surface area contributed by atoms with Gasteiger partial charge in [-0.05, 0) is 36.8 Å². The summed E-state index contributed by atoms with van der Waals surface area (Å²) in [6, 6.07) is 14.2. The number of hydrogen-bond acceptors (Lipinski definition) is 3. The zero-order valence-electron chi connectivity index (χ0n) is 11.8. The van der Waals surface area contributed by atoms with Gasteiger partial charge < -0.3 is 14.8 Å². The number of ether oxygens (including phenoxy) is 2. The molecule has 0 radical (unpaired) electrons. The van der Waals surface area contributed by atoms with E-state index in [4.69, 9.17) is 9.47 Å². The number of halogens is 1. The average Bonchev–Trinajstić information content (AvgIpc) is 2.46. The highest BCUT2D eigenvalue weighted by atomic mass is 79.9. The number of benzene rings is 2. The molecular weight excluding hydrogens is 318 g/mol. The quantitative estimate of drug-likeness (QED) is 0.863. The maximum atomic E-state index is 5.27. The first-order valence-corrected chi connectivity index (χ1v) is 7.16. The van der Waals surface area contributed by atoms with Crippen molar-refractivity contribution in [2.45, 2.75) is 13.0 Å². The fourth-order valence-corrected chi connectivity index (χ4v) is 2.46. The molecule has 0 aromatic heterocycles. The van der Waals surface area contributed by atoms with E-state index >= 15 is 0 Å². The minimum atomic E-state index is 0.194. The van der Waals surface area contributed by atoms with Gasteiger partial charge in [0.05, 0.1) is 14.2 Å². The summed E-state index contributed by atoms with van der Waals surface area (Å²) in [5, 5.41) is 3.46. The summed E-state index contributed by atoms with van der Waals surface area (Å²) >= 11 is 3.48. The lowest BCUT2D eigenvalue weighted by Crippen LogP contribution is -2.06. The van der Waals surface area contributed by atoms with Gasteiger partial charge in [-0.1, -0.05) is 28.1 Å². The van der Waals surface area contributed by atoms with Gasteiger partial charge in [0.2, 0.25) is 0 Å². The van der Waals surface area contributed by atoms with E-state index in [1.54, 1.807) is 14.2 Å². The summed E-state index contributed by atoms with van der Waals surface area (Å²) in [6.45, 7) is 2.12. The Morgan fingerprint density at radius 1 is 0.950 bits per heavy atom. The van der Waals surface area contributed by atoms with Crippen LogP contribution in [0.3, 0.4) is 0 Å². The van der Waals surface area contributed by atoms with Crippen molar-refractivity contribution in [2.24, 2.45) is 0 Å². The Kier molecular flexibility index (Phi) is 4.90. The predicted molar refractivity (Wildman–Crippen MR) is 85.7 cm³/mol. The van der Waals surface area contributed by atoms with Crippen LogP contribution in [0.15, 0.2) is 46.9 Å². The van der Waals surface area contributed by atoms with Gasteiger partial charge in [0.25, 0.3) is 0 Å². The molecule has 0 spiro atoms. The number of hydrogen-bond donors (Lipinski definition) is 1. The summed E-state index contributed by atoms with van der Waals surface area (Å²) < 4.78 is 11.4. The molecule has 4 heteroatoms. The smallest absolute Gasteiger partial charge is 0.122 e. The van der Waals surface area contributed by atoms with Crippen molar-refractivity contribution in [2.75, 3.05) is 19.5 Å². The van der Waals surface area contributed by atoms with E-state index in [0.717, 1.165) is 21.7 Å². The van der Waals surface area contributed by atoms with E-state index in [-0.39, 0.29) is 6.04 Å². The van der Waals surface area contributed by atoms with Crippen LogP contribution < -0.4 is 14.8 Å². The molecule has 0 bridgehead atoms. The SMILES string of the molecule is COc1ccc(C(C)Nc2cc(Br)cc(OC)c2)cc1. The molecule has 0 saturated heterocycles. The van der Waals surface area contributed by atoms with Gasteiger partial charge in [-0.15, -0.1) is 0 Å². The molecule has 1 N–H and O–H groups in total. The molecule has 1 atom stereocenters. The number of methoxy groups -OCH3 is 2. The zero-order chi connectivity index (χ0) is 14.5. The largest absolute Gasteiger partial charge is 0.497 e.